The minimum absolute atomic E-state index is 0.491. The Labute approximate surface area is 353 Å². The number of hydrogen-bond acceptors (Lipinski definition) is 2. The minimum atomic E-state index is -0.491. The SMILES string of the molecule is c1ccc2c(c1)-c1ccccc1C21c2ccccc2-c2c1cc1c(c2-c2cc(-c3cccc4ncccc34)cc(-c3ccnc4ccccc34)c2)-c2cccc3cccc-1c23. The molecule has 11 aromatic rings. The molecule has 2 heteroatoms. The molecule has 280 valence electrons. The standard InChI is InChI=1S/C59H34N2/c1-5-23-49-41(15-1)42-16-2-6-24-50(42)59(49)51-25-7-3-18-46(51)58-52(59)34-48-45-20-9-13-35-14-10-21-47(55(35)45)57(48)56(58)38-32-36(39-19-11-27-54-44(39)22-12-29-60-54)31-37(33-38)40-28-30-61-53-26-8-4-17-43(40)53/h1-34H. The van der Waals surface area contributed by atoms with Gasteiger partial charge in [0.05, 0.1) is 16.4 Å². The summed E-state index contributed by atoms with van der Waals surface area (Å²) in [7, 11) is 0. The van der Waals surface area contributed by atoms with Gasteiger partial charge in [0, 0.05) is 23.2 Å². The van der Waals surface area contributed by atoms with E-state index in [9.17, 15) is 0 Å². The van der Waals surface area contributed by atoms with Gasteiger partial charge in [-0.25, -0.2) is 0 Å². The first-order valence-electron chi connectivity index (χ1n) is 21.1. The summed E-state index contributed by atoms with van der Waals surface area (Å²) in [5.74, 6) is 0. The Kier molecular flexibility index (Phi) is 6.52. The second-order valence-corrected chi connectivity index (χ2v) is 16.7. The van der Waals surface area contributed by atoms with Gasteiger partial charge in [0.1, 0.15) is 0 Å². The topological polar surface area (TPSA) is 25.8 Å². The molecule has 0 N–H and O–H groups in total. The van der Waals surface area contributed by atoms with Crippen LogP contribution in [0.3, 0.4) is 0 Å². The fourth-order valence-electron chi connectivity index (χ4n) is 11.6. The number of rotatable bonds is 3. The van der Waals surface area contributed by atoms with Crippen molar-refractivity contribution in [3.8, 4) is 77.9 Å². The van der Waals surface area contributed by atoms with Crippen LogP contribution in [-0.4, -0.2) is 9.97 Å². The second-order valence-electron chi connectivity index (χ2n) is 16.7. The molecule has 0 aliphatic heterocycles. The van der Waals surface area contributed by atoms with Crippen LogP contribution in [0.25, 0.3) is 110 Å². The smallest absolute Gasteiger partial charge is 0.0725 e. The molecule has 61 heavy (non-hydrogen) atoms. The van der Waals surface area contributed by atoms with E-state index >= 15 is 0 Å². The van der Waals surface area contributed by atoms with E-state index in [0.717, 1.165) is 44.1 Å². The number of aromatic nitrogens is 2. The largest absolute Gasteiger partial charge is 0.256 e. The van der Waals surface area contributed by atoms with Crippen LogP contribution in [0.2, 0.25) is 0 Å². The third-order valence-electron chi connectivity index (χ3n) is 13.9. The maximum absolute atomic E-state index is 4.80. The van der Waals surface area contributed by atoms with Crippen LogP contribution >= 0.6 is 0 Å². The van der Waals surface area contributed by atoms with E-state index in [1.807, 2.05) is 12.4 Å². The summed E-state index contributed by atoms with van der Waals surface area (Å²) in [5.41, 5.74) is 24.4. The van der Waals surface area contributed by atoms with E-state index < -0.39 is 5.41 Å². The molecule has 14 rings (SSSR count). The van der Waals surface area contributed by atoms with E-state index in [4.69, 9.17) is 9.97 Å². The predicted octanol–water partition coefficient (Wildman–Crippen LogP) is 14.9. The first-order valence-corrected chi connectivity index (χ1v) is 21.1. The van der Waals surface area contributed by atoms with Crippen molar-refractivity contribution in [1.82, 2.24) is 9.97 Å². The molecule has 0 unspecified atom stereocenters. The second kappa shape index (κ2) is 12.1. The van der Waals surface area contributed by atoms with E-state index in [1.165, 1.54) is 88.7 Å². The van der Waals surface area contributed by atoms with E-state index in [2.05, 4.69) is 194 Å². The number of para-hydroxylation sites is 1. The normalized spacial score (nSPS) is 13.4. The lowest BCUT2D eigenvalue weighted by atomic mass is 9.69. The van der Waals surface area contributed by atoms with Crippen molar-refractivity contribution in [3.05, 3.63) is 229 Å². The number of nitrogens with zero attached hydrogens (tertiary/aromatic N) is 2. The van der Waals surface area contributed by atoms with E-state index in [1.54, 1.807) is 0 Å². The van der Waals surface area contributed by atoms with Gasteiger partial charge < -0.3 is 0 Å². The average Bonchev–Trinajstić information content (AvgIpc) is 3.93. The molecule has 0 atom stereocenters. The van der Waals surface area contributed by atoms with Crippen molar-refractivity contribution in [2.75, 3.05) is 0 Å². The number of hydrogen-bond donors (Lipinski definition) is 0. The van der Waals surface area contributed by atoms with Crippen LogP contribution in [0.4, 0.5) is 0 Å². The molecule has 1 spiro atoms. The van der Waals surface area contributed by atoms with Crippen molar-refractivity contribution in [2.45, 2.75) is 5.41 Å². The molecule has 9 aromatic carbocycles. The summed E-state index contributed by atoms with van der Waals surface area (Å²) in [6.45, 7) is 0. The molecule has 2 heterocycles. The number of pyridine rings is 2. The number of benzene rings is 9. The van der Waals surface area contributed by atoms with Crippen LogP contribution in [0.1, 0.15) is 22.3 Å². The van der Waals surface area contributed by atoms with Gasteiger partial charge in [0.25, 0.3) is 0 Å². The molecule has 2 aromatic heterocycles. The Hall–Kier alpha value is -7.94. The fraction of sp³-hybridized carbons (Fsp3) is 0.0169. The molecular formula is C59H34N2. The van der Waals surface area contributed by atoms with Crippen molar-refractivity contribution < 1.29 is 0 Å². The molecule has 0 radical (unpaired) electrons. The van der Waals surface area contributed by atoms with Crippen molar-refractivity contribution in [2.24, 2.45) is 0 Å². The van der Waals surface area contributed by atoms with E-state index in [0.29, 0.717) is 0 Å². The highest BCUT2D eigenvalue weighted by Crippen LogP contribution is 2.67. The maximum Gasteiger partial charge on any atom is 0.0725 e. The third kappa shape index (κ3) is 4.26. The molecule has 0 fully saturated rings. The Bertz CT molecular complexity index is 3560. The van der Waals surface area contributed by atoms with Crippen LogP contribution in [-0.2, 0) is 5.41 Å². The van der Waals surface area contributed by atoms with Gasteiger partial charge in [-0.15, -0.1) is 0 Å². The van der Waals surface area contributed by atoms with Gasteiger partial charge in [-0.05, 0) is 159 Å². The molecule has 0 bridgehead atoms. The average molecular weight is 771 g/mol. The first kappa shape index (κ1) is 33.0. The Balaban J connectivity index is 1.18. The zero-order valence-corrected chi connectivity index (χ0v) is 33.0. The minimum Gasteiger partial charge on any atom is -0.256 e. The van der Waals surface area contributed by atoms with Gasteiger partial charge in [0.2, 0.25) is 0 Å². The first-order chi connectivity index (χ1) is 30.3. The molecule has 3 aliphatic rings. The highest BCUT2D eigenvalue weighted by Gasteiger charge is 2.53. The quantitative estimate of drug-likeness (QED) is 0.179. The Morgan fingerprint density at radius 2 is 0.820 bits per heavy atom. The summed E-state index contributed by atoms with van der Waals surface area (Å²) in [6, 6.07) is 72.5. The third-order valence-corrected chi connectivity index (χ3v) is 13.9. The lowest BCUT2D eigenvalue weighted by molar-refractivity contribution is 0.794. The van der Waals surface area contributed by atoms with Gasteiger partial charge in [0.15, 0.2) is 0 Å². The number of fused-ring (bicyclic) bond motifs is 15. The molecule has 0 saturated carbocycles. The Morgan fingerprint density at radius 1 is 0.295 bits per heavy atom. The molecule has 2 nitrogen and oxygen atoms in total. The summed E-state index contributed by atoms with van der Waals surface area (Å²) in [6.07, 6.45) is 3.84. The van der Waals surface area contributed by atoms with Crippen LogP contribution < -0.4 is 0 Å². The van der Waals surface area contributed by atoms with Gasteiger partial charge >= 0.3 is 0 Å². The Morgan fingerprint density at radius 3 is 1.57 bits per heavy atom. The summed E-state index contributed by atoms with van der Waals surface area (Å²) >= 11 is 0. The molecule has 3 aliphatic carbocycles. The van der Waals surface area contributed by atoms with Crippen LogP contribution in [0, 0.1) is 0 Å². The molecule has 0 saturated heterocycles. The van der Waals surface area contributed by atoms with Crippen LogP contribution in [0.5, 0.6) is 0 Å². The van der Waals surface area contributed by atoms with Crippen molar-refractivity contribution >= 4 is 32.6 Å². The zero-order valence-electron chi connectivity index (χ0n) is 33.0. The monoisotopic (exact) mass is 770 g/mol. The molecular weight excluding hydrogens is 737 g/mol. The van der Waals surface area contributed by atoms with E-state index in [-0.39, 0.29) is 0 Å². The highest BCUT2D eigenvalue weighted by molar-refractivity contribution is 6.21. The van der Waals surface area contributed by atoms with Gasteiger partial charge in [-0.3, -0.25) is 9.97 Å². The highest BCUT2D eigenvalue weighted by atomic mass is 14.6. The maximum atomic E-state index is 4.80. The zero-order chi connectivity index (χ0) is 39.8. The molecule has 0 amide bonds. The lowest BCUT2D eigenvalue weighted by Crippen LogP contribution is -2.26. The van der Waals surface area contributed by atoms with Crippen molar-refractivity contribution in [3.63, 3.8) is 0 Å². The summed E-state index contributed by atoms with van der Waals surface area (Å²) in [5, 5.41) is 4.87. The van der Waals surface area contributed by atoms with Crippen molar-refractivity contribution in [1.29, 1.82) is 0 Å². The van der Waals surface area contributed by atoms with Gasteiger partial charge in [-0.2, -0.15) is 0 Å². The predicted molar refractivity (Wildman–Crippen MR) is 252 cm³/mol. The lowest BCUT2D eigenvalue weighted by Gasteiger charge is -2.31. The fourth-order valence-corrected chi connectivity index (χ4v) is 11.6. The van der Waals surface area contributed by atoms with Crippen LogP contribution in [0.15, 0.2) is 207 Å². The van der Waals surface area contributed by atoms with Gasteiger partial charge in [-0.1, -0.05) is 146 Å². The summed E-state index contributed by atoms with van der Waals surface area (Å²) < 4.78 is 0. The summed E-state index contributed by atoms with van der Waals surface area (Å²) in [4.78, 5) is 9.61.